The number of nitrogens with one attached hydrogen (secondary N) is 1. The van der Waals surface area contributed by atoms with Crippen LogP contribution in [0.2, 0.25) is 0 Å². The van der Waals surface area contributed by atoms with Gasteiger partial charge in [0.05, 0.1) is 46.4 Å². The summed E-state index contributed by atoms with van der Waals surface area (Å²) in [6.07, 6.45) is 2.30. The van der Waals surface area contributed by atoms with Crippen LogP contribution < -0.4 is 16.8 Å². The van der Waals surface area contributed by atoms with E-state index in [9.17, 15) is 64.6 Å². The summed E-state index contributed by atoms with van der Waals surface area (Å²) in [6, 6.07) is 18.9. The van der Waals surface area contributed by atoms with Crippen LogP contribution >= 0.6 is 13.5 Å². The van der Waals surface area contributed by atoms with Crippen molar-refractivity contribution in [3.63, 3.8) is 0 Å². The lowest BCUT2D eigenvalue weighted by Gasteiger charge is -2.28. The number of carboxylic acid groups (broad SMARTS) is 1. The first-order chi connectivity index (χ1) is 39.3. The second kappa shape index (κ2) is 28.6. The lowest BCUT2D eigenvalue weighted by Crippen LogP contribution is -2.45. The molecule has 452 valence electrons. The van der Waals surface area contributed by atoms with Gasteiger partial charge in [0.1, 0.15) is 36.9 Å². The van der Waals surface area contributed by atoms with Gasteiger partial charge in [-0.3, -0.25) is 38.7 Å². The number of aryl methyl sites for hydroxylation is 2. The summed E-state index contributed by atoms with van der Waals surface area (Å²) in [7, 11) is -6.97. The SMILES string of the molecule is Cc1cccc(CC(O)[C@H]2CC(F)CN2C(=O)Cn2cc(C(N)=O)c3cc(C(=O)CS(=O)(=O)C4CC4)ccc32)n1.Cc1cccc(CC(O)[C@H]2C[C@@H](F)CN2)n1.NC(=O)c1cn(CC(=O)O)c2ccc(C(=O)CS(=O)(=O)C3CC3)cc12.S.S=S. The lowest BCUT2D eigenvalue weighted by atomic mass is 10.0. The summed E-state index contributed by atoms with van der Waals surface area (Å²) >= 11 is 7.33. The fraction of sp³-hybridized carbons (Fsp3) is 0.429. The van der Waals surface area contributed by atoms with E-state index >= 15 is 0 Å². The number of carbonyl (C=O) groups is 6. The number of hydrogen-bond donors (Lipinski definition) is 6. The number of aliphatic hydroxyl groups is 2. The van der Waals surface area contributed by atoms with E-state index in [-0.39, 0.29) is 74.3 Å². The number of hydrogen-bond acceptors (Lipinski definition) is 17. The molecule has 6 aromatic rings. The highest BCUT2D eigenvalue weighted by atomic mass is 32.8. The summed E-state index contributed by atoms with van der Waals surface area (Å²) in [5.41, 5.74) is 15.4. The zero-order valence-corrected chi connectivity index (χ0v) is 50.1. The van der Waals surface area contributed by atoms with Crippen molar-refractivity contribution in [1.82, 2.24) is 29.3 Å². The van der Waals surface area contributed by atoms with Crippen LogP contribution in [0.4, 0.5) is 8.78 Å². The van der Waals surface area contributed by atoms with Crippen molar-refractivity contribution in [2.45, 2.75) is 125 Å². The fourth-order valence-electron chi connectivity index (χ4n) is 10.2. The number of halogens is 2. The number of fused-ring (bicyclic) bond motifs is 2. The number of primary amides is 2. The fourth-order valence-corrected chi connectivity index (χ4v) is 13.5. The third kappa shape index (κ3) is 17.1. The van der Waals surface area contributed by atoms with Crippen LogP contribution in [0.3, 0.4) is 0 Å². The number of ketones is 2. The molecule has 4 aliphatic rings. The van der Waals surface area contributed by atoms with E-state index < -0.39 is 108 Å². The predicted molar refractivity (Wildman–Crippen MR) is 320 cm³/mol. The number of benzene rings is 2. The van der Waals surface area contributed by atoms with Gasteiger partial charge in [-0.25, -0.2) is 25.6 Å². The number of aliphatic carboxylic acids is 1. The summed E-state index contributed by atoms with van der Waals surface area (Å²) in [4.78, 5) is 83.2. The number of alkyl halides is 2. The summed E-state index contributed by atoms with van der Waals surface area (Å²) in [5.74, 6) is -5.43. The molecule has 3 amide bonds. The maximum Gasteiger partial charge on any atom is 0.323 e. The average Bonchev–Trinajstić information content (AvgIpc) is 2.54. The molecule has 0 radical (unpaired) electrons. The number of nitrogens with zero attached hydrogens (tertiary/aromatic N) is 5. The first kappa shape index (κ1) is 66.6. The van der Waals surface area contributed by atoms with Crippen molar-refractivity contribution in [1.29, 1.82) is 0 Å². The van der Waals surface area contributed by atoms with Gasteiger partial charge in [0, 0.05) is 122 Å². The van der Waals surface area contributed by atoms with Crippen LogP contribution in [-0.2, 0) is 77.6 Å². The Morgan fingerprint density at radius 1 is 0.679 bits per heavy atom. The summed E-state index contributed by atoms with van der Waals surface area (Å²) < 4.78 is 78.8. The molecular formula is C56H66F2N8O13S5. The highest BCUT2D eigenvalue weighted by Crippen LogP contribution is 2.32. The summed E-state index contributed by atoms with van der Waals surface area (Å²) in [6.45, 7) is 3.30. The van der Waals surface area contributed by atoms with Crippen molar-refractivity contribution in [2.75, 3.05) is 24.6 Å². The van der Waals surface area contributed by atoms with Gasteiger partial charge in [-0.05, 0) is 107 Å². The van der Waals surface area contributed by atoms with Crippen molar-refractivity contribution in [3.05, 3.63) is 130 Å². The molecule has 6 heterocycles. The second-order valence-corrected chi connectivity index (χ2v) is 25.7. The van der Waals surface area contributed by atoms with Gasteiger partial charge in [-0.15, -0.1) is 0 Å². The van der Waals surface area contributed by atoms with Crippen LogP contribution in [0.15, 0.2) is 85.2 Å². The maximum atomic E-state index is 14.5. The third-order valence-corrected chi connectivity index (χ3v) is 18.9. The summed E-state index contributed by atoms with van der Waals surface area (Å²) in [5, 5.41) is 32.5. The second-order valence-electron chi connectivity index (χ2n) is 21.2. The van der Waals surface area contributed by atoms with Crippen LogP contribution in [-0.4, -0.2) is 163 Å². The number of rotatable bonds is 20. The van der Waals surface area contributed by atoms with E-state index in [2.05, 4.69) is 37.7 Å². The number of amides is 3. The molecule has 0 bridgehead atoms. The molecule has 84 heavy (non-hydrogen) atoms. The van der Waals surface area contributed by atoms with Crippen molar-refractivity contribution >= 4 is 113 Å². The van der Waals surface area contributed by atoms with Gasteiger partial charge in [0.2, 0.25) is 5.91 Å². The van der Waals surface area contributed by atoms with E-state index in [1.807, 2.05) is 44.2 Å². The minimum Gasteiger partial charge on any atom is -0.480 e. The minimum absolute atomic E-state index is 0. The van der Waals surface area contributed by atoms with Crippen LogP contribution in [0.25, 0.3) is 21.8 Å². The first-order valence-electron chi connectivity index (χ1n) is 26.5. The Bertz CT molecular complexity index is 3670. The molecule has 2 aromatic carbocycles. The van der Waals surface area contributed by atoms with E-state index in [0.29, 0.717) is 72.6 Å². The lowest BCUT2D eigenvalue weighted by molar-refractivity contribution is -0.137. The first-order valence-corrected chi connectivity index (χ1v) is 31.3. The molecule has 3 unspecified atom stereocenters. The largest absolute Gasteiger partial charge is 0.480 e. The minimum atomic E-state index is -3.53. The molecule has 28 heteroatoms. The topological polar surface area (TPSA) is 334 Å². The van der Waals surface area contributed by atoms with Gasteiger partial charge < -0.3 is 46.1 Å². The quantitative estimate of drug-likeness (QED) is 0.0596. The molecule has 4 aromatic heterocycles. The van der Waals surface area contributed by atoms with Crippen molar-refractivity contribution < 1.29 is 69.7 Å². The third-order valence-electron chi connectivity index (χ3n) is 14.6. The van der Waals surface area contributed by atoms with E-state index in [1.165, 1.54) is 62.8 Å². The van der Waals surface area contributed by atoms with Gasteiger partial charge in [0.25, 0.3) is 11.8 Å². The Morgan fingerprint density at radius 2 is 1.13 bits per heavy atom. The predicted octanol–water partition coefficient (Wildman–Crippen LogP) is 3.43. The Hall–Kier alpha value is -6.53. The molecular weight excluding hydrogens is 1190 g/mol. The van der Waals surface area contributed by atoms with Crippen LogP contribution in [0, 0.1) is 13.8 Å². The van der Waals surface area contributed by atoms with Gasteiger partial charge in [-0.1, -0.05) is 12.1 Å². The van der Waals surface area contributed by atoms with Crippen molar-refractivity contribution in [2.24, 2.45) is 11.5 Å². The Morgan fingerprint density at radius 3 is 1.54 bits per heavy atom. The molecule has 4 fully saturated rings. The molecule has 21 nitrogen and oxygen atoms in total. The van der Waals surface area contributed by atoms with Gasteiger partial charge >= 0.3 is 5.97 Å². The monoisotopic (exact) mass is 1260 g/mol. The van der Waals surface area contributed by atoms with E-state index in [4.69, 9.17) is 16.6 Å². The van der Waals surface area contributed by atoms with Gasteiger partial charge in [-0.2, -0.15) is 13.5 Å². The number of aliphatic hydroxyl groups excluding tert-OH is 2. The molecule has 0 spiro atoms. The highest BCUT2D eigenvalue weighted by molar-refractivity contribution is 8.07. The number of likely N-dealkylation sites (tertiary alicyclic amines) is 1. The number of carbonyl (C=O) groups excluding carboxylic acids is 5. The van der Waals surface area contributed by atoms with E-state index in [1.54, 1.807) is 6.07 Å². The number of carboxylic acids is 1. The van der Waals surface area contributed by atoms with Crippen LogP contribution in [0.1, 0.15) is 103 Å². The average molecular weight is 1260 g/mol. The maximum absolute atomic E-state index is 14.5. The van der Waals surface area contributed by atoms with Crippen LogP contribution in [0.5, 0.6) is 0 Å². The standard InChI is InChI=1S/C28H31FN4O6S.C16H16N2O6S.C12H17FN2O.S2.H2S/c1-16-3-2-4-19(31-16)11-25(34)24-10-18(29)12-33(24)27(36)14-32-13-22(28(30)37)21-9-17(5-8-23(21)32)26(35)15-40(38,39)20-6-7-20;17-16(22)12-6-18(7-15(20)21)13-4-1-9(5-11(12)13)14(19)8-25(23,24)10-2-3-10;1-8-3-2-4-10(15-8)6-12(16)11-5-9(13)7-14-11;1-2;/h2-5,8-9,13,18,20,24-25,34H,6-7,10-12,14-15H2,1H3,(H2,30,37);1,4-6,10H,2-3,7-8H2,(H2,17,22)(H,20,21);2-4,9,11-12,14,16H,5-7H2,1H3;;1H2/t18?,24-,25?;;9-,11-,12?;;/m1.1../s1. The molecule has 2 aliphatic carbocycles. The number of nitrogens with two attached hydrogens (primary N) is 2. The smallest absolute Gasteiger partial charge is 0.323 e. The molecule has 2 aliphatic heterocycles. The molecule has 2 saturated heterocycles. The normalized spacial score (nSPS) is 19.1. The number of aromatic nitrogens is 4. The highest BCUT2D eigenvalue weighted by Gasteiger charge is 2.41. The van der Waals surface area contributed by atoms with Crippen molar-refractivity contribution in [3.8, 4) is 0 Å². The van der Waals surface area contributed by atoms with Gasteiger partial charge in [0.15, 0.2) is 31.2 Å². The number of pyridine rings is 2. The molecule has 10 rings (SSSR count). The molecule has 2 saturated carbocycles. The molecule has 6 atom stereocenters. The zero-order valence-electron chi connectivity index (χ0n) is 45.8. The Balaban J connectivity index is 0.000000219. The van der Waals surface area contributed by atoms with E-state index in [0.717, 1.165) is 17.1 Å². The Kier molecular flexibility index (Phi) is 22.7. The number of Topliss-reactive ketones (excluding diaryl/α,β-unsaturated/α-hetero) is 2. The number of sulfone groups is 2. The zero-order chi connectivity index (χ0) is 60.7. The Labute approximate surface area is 500 Å². The molecule has 8 N–H and O–H groups in total.